The lowest BCUT2D eigenvalue weighted by atomic mass is 10.6. The summed E-state index contributed by atoms with van der Waals surface area (Å²) >= 11 is 7.21. The SMILES string of the molecule is CC.CC.O=C1C=CC(=O)N1.OP(O)(O)=S.OP(O)(O)=S. The zero-order valence-corrected chi connectivity index (χ0v) is 15.3. The molecular weight excluding hydrogens is 364 g/mol. The zero-order chi connectivity index (χ0) is 18.3. The molecule has 0 radical (unpaired) electrons. The van der Waals surface area contributed by atoms with Gasteiger partial charge in [-0.2, -0.15) is 0 Å². The van der Waals surface area contributed by atoms with E-state index in [1.165, 1.54) is 12.2 Å². The van der Waals surface area contributed by atoms with Crippen LogP contribution in [0.2, 0.25) is 0 Å². The van der Waals surface area contributed by atoms with Gasteiger partial charge in [0.05, 0.1) is 0 Å². The van der Waals surface area contributed by atoms with Crippen molar-refractivity contribution in [2.24, 2.45) is 0 Å². The lowest BCUT2D eigenvalue weighted by molar-refractivity contribution is -0.123. The summed E-state index contributed by atoms with van der Waals surface area (Å²) in [5.41, 5.74) is 0. The molecule has 9 nitrogen and oxygen atoms in total. The first-order valence-corrected chi connectivity index (χ1v) is 10.7. The molecular formula is C8H21NO8P2S2. The standard InChI is InChI=1S/C4H3NO2.2C2H6.2H3O3PS/c6-3-1-2-4(7)5-3;2*1-2;2*1-4(2,3)5/h1-2H,(H,5,6,7);2*1-2H3;2*(H3,1,2,3,5). The van der Waals surface area contributed by atoms with Gasteiger partial charge in [0.15, 0.2) is 0 Å². The van der Waals surface area contributed by atoms with E-state index in [4.69, 9.17) is 29.4 Å². The van der Waals surface area contributed by atoms with Crippen molar-refractivity contribution in [1.82, 2.24) is 5.32 Å². The predicted molar refractivity (Wildman–Crippen MR) is 86.9 cm³/mol. The van der Waals surface area contributed by atoms with Crippen LogP contribution in [-0.2, 0) is 33.2 Å². The zero-order valence-electron chi connectivity index (χ0n) is 11.9. The van der Waals surface area contributed by atoms with Crippen molar-refractivity contribution in [3.05, 3.63) is 12.2 Å². The fourth-order valence-electron chi connectivity index (χ4n) is 0.356. The Morgan fingerprint density at radius 1 is 0.762 bits per heavy atom. The van der Waals surface area contributed by atoms with Gasteiger partial charge in [-0.1, -0.05) is 27.7 Å². The first-order valence-electron chi connectivity index (χ1n) is 5.38. The lowest BCUT2D eigenvalue weighted by Gasteiger charge is -1.88. The molecule has 128 valence electrons. The summed E-state index contributed by atoms with van der Waals surface area (Å²) in [6.07, 6.45) is 2.39. The second kappa shape index (κ2) is 16.3. The van der Waals surface area contributed by atoms with Crippen LogP contribution in [-0.4, -0.2) is 41.2 Å². The van der Waals surface area contributed by atoms with E-state index in [1.807, 2.05) is 33.0 Å². The molecule has 0 bridgehead atoms. The molecule has 13 heteroatoms. The van der Waals surface area contributed by atoms with Crippen molar-refractivity contribution < 1.29 is 38.9 Å². The van der Waals surface area contributed by atoms with E-state index in [0.29, 0.717) is 0 Å². The molecule has 0 aliphatic carbocycles. The Morgan fingerprint density at radius 3 is 0.952 bits per heavy atom. The molecule has 0 atom stereocenters. The molecule has 1 heterocycles. The minimum Gasteiger partial charge on any atom is -0.325 e. The third-order valence-electron chi connectivity index (χ3n) is 0.632. The largest absolute Gasteiger partial charge is 0.325 e. The minimum absolute atomic E-state index is 0.329. The smallest absolute Gasteiger partial charge is 0.319 e. The molecule has 21 heavy (non-hydrogen) atoms. The Bertz CT molecular complexity index is 351. The molecule has 0 fully saturated rings. The van der Waals surface area contributed by atoms with E-state index in [0.717, 1.165) is 0 Å². The van der Waals surface area contributed by atoms with Crippen LogP contribution in [0.3, 0.4) is 0 Å². The van der Waals surface area contributed by atoms with Gasteiger partial charge in [-0.15, -0.1) is 0 Å². The molecule has 0 saturated heterocycles. The van der Waals surface area contributed by atoms with E-state index in [9.17, 15) is 9.59 Å². The number of imide groups is 1. The van der Waals surface area contributed by atoms with E-state index < -0.39 is 13.4 Å². The van der Waals surface area contributed by atoms with E-state index in [-0.39, 0.29) is 11.8 Å². The monoisotopic (exact) mass is 385 g/mol. The van der Waals surface area contributed by atoms with Crippen LogP contribution in [0.5, 0.6) is 0 Å². The molecule has 0 unspecified atom stereocenters. The van der Waals surface area contributed by atoms with Gasteiger partial charge in [0.2, 0.25) is 0 Å². The lowest BCUT2D eigenvalue weighted by Crippen LogP contribution is -2.19. The average molecular weight is 385 g/mol. The van der Waals surface area contributed by atoms with Crippen LogP contribution in [0.1, 0.15) is 27.7 Å². The molecule has 0 spiro atoms. The molecule has 0 aromatic heterocycles. The number of carbonyl (C=O) groups is 2. The van der Waals surface area contributed by atoms with Gasteiger partial charge in [0, 0.05) is 12.2 Å². The van der Waals surface area contributed by atoms with Gasteiger partial charge in [-0.25, -0.2) is 0 Å². The highest BCUT2D eigenvalue weighted by Gasteiger charge is 2.06. The number of carbonyl (C=O) groups excluding carboxylic acids is 2. The van der Waals surface area contributed by atoms with Crippen molar-refractivity contribution in [3.63, 3.8) is 0 Å². The van der Waals surface area contributed by atoms with Gasteiger partial charge in [0.25, 0.3) is 11.8 Å². The van der Waals surface area contributed by atoms with E-state index in [1.54, 1.807) is 0 Å². The van der Waals surface area contributed by atoms with Crippen molar-refractivity contribution in [3.8, 4) is 0 Å². The normalized spacial score (nSPS) is 12.1. The Hall–Kier alpha value is -0.0600. The van der Waals surface area contributed by atoms with Crippen LogP contribution in [0.4, 0.5) is 0 Å². The highest BCUT2D eigenvalue weighted by molar-refractivity contribution is 8.06. The average Bonchev–Trinajstić information content (AvgIpc) is 2.63. The second-order valence-electron chi connectivity index (χ2n) is 2.21. The van der Waals surface area contributed by atoms with Crippen molar-refractivity contribution >= 4 is 48.9 Å². The summed E-state index contributed by atoms with van der Waals surface area (Å²) in [4.78, 5) is 65.4. The highest BCUT2D eigenvalue weighted by Crippen LogP contribution is 2.26. The molecule has 2 amide bonds. The molecule has 0 saturated carbocycles. The topological polar surface area (TPSA) is 168 Å². The summed E-state index contributed by atoms with van der Waals surface area (Å²) in [7, 11) is 0. The van der Waals surface area contributed by atoms with Gasteiger partial charge < -0.3 is 29.4 Å². The molecule has 1 aliphatic rings. The third kappa shape index (κ3) is 80.3. The fraction of sp³-hybridized carbons (Fsp3) is 0.500. The number of rotatable bonds is 0. The van der Waals surface area contributed by atoms with Crippen molar-refractivity contribution in [2.45, 2.75) is 27.7 Å². The quantitative estimate of drug-likeness (QED) is 0.216. The Morgan fingerprint density at radius 2 is 0.905 bits per heavy atom. The number of hydrogen-bond donors (Lipinski definition) is 7. The molecule has 1 rings (SSSR count). The summed E-state index contributed by atoms with van der Waals surface area (Å²) < 4.78 is 0. The first kappa shape index (κ1) is 29.0. The maximum absolute atomic E-state index is 10.0. The molecule has 1 aliphatic heterocycles. The Kier molecular flexibility index (Phi) is 22.5. The van der Waals surface area contributed by atoms with Crippen molar-refractivity contribution in [1.29, 1.82) is 0 Å². The van der Waals surface area contributed by atoms with Crippen LogP contribution in [0.25, 0.3) is 0 Å². The van der Waals surface area contributed by atoms with Crippen LogP contribution < -0.4 is 5.32 Å². The van der Waals surface area contributed by atoms with Crippen LogP contribution in [0.15, 0.2) is 12.2 Å². The number of nitrogens with one attached hydrogen (secondary N) is 1. The Labute approximate surface area is 133 Å². The van der Waals surface area contributed by atoms with E-state index >= 15 is 0 Å². The maximum atomic E-state index is 10.0. The summed E-state index contributed by atoms with van der Waals surface area (Å²) in [5, 5.41) is 2.03. The van der Waals surface area contributed by atoms with Crippen LogP contribution >= 0.6 is 13.4 Å². The minimum atomic E-state index is -3.81. The summed E-state index contributed by atoms with van der Waals surface area (Å²) in [6, 6.07) is 0. The van der Waals surface area contributed by atoms with Gasteiger partial charge >= 0.3 is 13.4 Å². The summed E-state index contributed by atoms with van der Waals surface area (Å²) in [6.45, 7) is 0.389. The third-order valence-corrected chi connectivity index (χ3v) is 0.632. The van der Waals surface area contributed by atoms with Crippen molar-refractivity contribution in [2.75, 3.05) is 0 Å². The predicted octanol–water partition coefficient (Wildman–Crippen LogP) is -0.373. The summed E-state index contributed by atoms with van der Waals surface area (Å²) in [5.74, 6) is -0.657. The molecule has 0 aromatic rings. The Balaban J connectivity index is -0.0000000939. The van der Waals surface area contributed by atoms with Gasteiger partial charge in [0.1, 0.15) is 0 Å². The fourth-order valence-corrected chi connectivity index (χ4v) is 0.356. The number of hydrogen-bond acceptors (Lipinski definition) is 4. The molecule has 0 aromatic carbocycles. The molecule has 7 N–H and O–H groups in total. The van der Waals surface area contributed by atoms with Gasteiger partial charge in [-0.05, 0) is 23.6 Å². The highest BCUT2D eigenvalue weighted by atomic mass is 32.5. The first-order chi connectivity index (χ1) is 9.29. The second-order valence-corrected chi connectivity index (χ2v) is 7.21. The maximum Gasteiger partial charge on any atom is 0.319 e. The van der Waals surface area contributed by atoms with E-state index in [2.05, 4.69) is 23.6 Å². The number of amides is 2. The van der Waals surface area contributed by atoms with Crippen LogP contribution in [0, 0.1) is 0 Å². The van der Waals surface area contributed by atoms with Gasteiger partial charge in [-0.3, -0.25) is 14.9 Å².